The molecule has 2 N–H and O–H groups in total. The predicted molar refractivity (Wildman–Crippen MR) is 196 cm³/mol. The van der Waals surface area contributed by atoms with Gasteiger partial charge in [-0.2, -0.15) is 4.98 Å². The quantitative estimate of drug-likeness (QED) is 0.151. The van der Waals surface area contributed by atoms with Gasteiger partial charge in [0, 0.05) is 68.6 Å². The van der Waals surface area contributed by atoms with Gasteiger partial charge >= 0.3 is 0 Å². The lowest BCUT2D eigenvalue weighted by atomic mass is 9.96. The van der Waals surface area contributed by atoms with E-state index in [0.29, 0.717) is 45.9 Å². The van der Waals surface area contributed by atoms with Crippen LogP contribution in [0, 0.1) is 0 Å². The highest BCUT2D eigenvalue weighted by Crippen LogP contribution is 2.42. The first-order valence-electron chi connectivity index (χ1n) is 16.2. The molecule has 0 radical (unpaired) electrons. The summed E-state index contributed by atoms with van der Waals surface area (Å²) in [5.74, 6) is 1.79. The first-order valence-corrected chi connectivity index (χ1v) is 20.0. The Hall–Kier alpha value is -3.44. The van der Waals surface area contributed by atoms with Crippen molar-refractivity contribution in [3.8, 4) is 5.75 Å². The number of nitrogens with one attached hydrogen (secondary N) is 2. The minimum absolute atomic E-state index is 0.433. The average molecular weight is 676 g/mol. The highest BCUT2D eigenvalue weighted by molar-refractivity contribution is 7.98. The molecule has 2 aliphatic heterocycles. The summed E-state index contributed by atoms with van der Waals surface area (Å²) >= 11 is 1.54. The molecule has 6 rings (SSSR count). The average Bonchev–Trinajstić information content (AvgIpc) is 3.03. The van der Waals surface area contributed by atoms with E-state index in [-0.39, 0.29) is 0 Å². The molecule has 2 saturated heterocycles. The molecule has 2 aromatic heterocycles. The number of methoxy groups -OCH3 is 1. The topological polar surface area (TPSA) is 112 Å². The summed E-state index contributed by atoms with van der Waals surface area (Å²) in [6, 6.07) is 9.46. The van der Waals surface area contributed by atoms with E-state index in [1.165, 1.54) is 48.9 Å². The van der Waals surface area contributed by atoms with Crippen LogP contribution in [0.25, 0.3) is 11.0 Å². The second kappa shape index (κ2) is 14.0. The van der Waals surface area contributed by atoms with Crippen molar-refractivity contribution in [1.82, 2.24) is 29.7 Å². The maximum absolute atomic E-state index is 13.5. The lowest BCUT2D eigenvalue weighted by Crippen LogP contribution is -2.62. The number of anilines is 5. The number of hydrogen-bond acceptors (Lipinski definition) is 12. The molecular formula is C34H46N9O2PS. The number of aryl methyl sites for hydroxylation is 1. The van der Waals surface area contributed by atoms with Crippen LogP contribution in [0.3, 0.4) is 0 Å². The Morgan fingerprint density at radius 2 is 1.79 bits per heavy atom. The van der Waals surface area contributed by atoms with E-state index >= 15 is 0 Å². The van der Waals surface area contributed by atoms with Crippen LogP contribution in [-0.4, -0.2) is 109 Å². The highest BCUT2D eigenvalue weighted by atomic mass is 32.2. The van der Waals surface area contributed by atoms with Crippen LogP contribution in [0.2, 0.25) is 0 Å². The molecule has 0 bridgehead atoms. The number of ether oxygens (including phenoxy) is 1. The molecule has 0 spiro atoms. The molecule has 2 aromatic carbocycles. The number of likely N-dealkylation sites (N-methyl/N-ethyl adjacent to an activating group) is 1. The molecule has 47 heavy (non-hydrogen) atoms. The van der Waals surface area contributed by atoms with E-state index in [0.717, 1.165) is 35.8 Å². The van der Waals surface area contributed by atoms with Crippen LogP contribution in [0.5, 0.6) is 5.75 Å². The van der Waals surface area contributed by atoms with Crippen LogP contribution in [0.4, 0.5) is 28.8 Å². The predicted octanol–water partition coefficient (Wildman–Crippen LogP) is 5.66. The summed E-state index contributed by atoms with van der Waals surface area (Å²) in [5.41, 5.74) is 5.33. The number of likely N-dealkylation sites (tertiary alicyclic amines) is 1. The van der Waals surface area contributed by atoms with Gasteiger partial charge in [-0.25, -0.2) is 4.98 Å². The van der Waals surface area contributed by atoms with E-state index in [4.69, 9.17) is 9.72 Å². The molecule has 4 heterocycles. The summed E-state index contributed by atoms with van der Waals surface area (Å²) in [5, 5.41) is 7.53. The molecule has 0 amide bonds. The van der Waals surface area contributed by atoms with Gasteiger partial charge in [0.2, 0.25) is 5.95 Å². The van der Waals surface area contributed by atoms with Crippen LogP contribution < -0.4 is 25.6 Å². The summed E-state index contributed by atoms with van der Waals surface area (Å²) < 4.78 is 19.4. The Morgan fingerprint density at radius 1 is 1.04 bits per heavy atom. The summed E-state index contributed by atoms with van der Waals surface area (Å²) in [7, 11) is 3.33. The van der Waals surface area contributed by atoms with Crippen LogP contribution in [0.1, 0.15) is 25.3 Å². The molecule has 0 atom stereocenters. The van der Waals surface area contributed by atoms with Gasteiger partial charge < -0.3 is 29.7 Å². The molecule has 0 unspecified atom stereocenters. The fraction of sp³-hybridized carbons (Fsp3) is 0.471. The van der Waals surface area contributed by atoms with Gasteiger partial charge in [0.1, 0.15) is 24.2 Å². The number of nitrogens with zero attached hydrogens (tertiary/aromatic N) is 7. The summed E-state index contributed by atoms with van der Waals surface area (Å²) in [6.07, 6.45) is 10.3. The first-order chi connectivity index (χ1) is 22.6. The SMILES string of the molecule is CCc1cc(Nc2ncc(SC)c(Nc3ccc4nccnc4c3P(C)(C)=O)n2)c(OC)cc1N1CCC(N2CC(N(C)C)C2)CC1. The molecule has 0 saturated carbocycles. The molecule has 2 fully saturated rings. The van der Waals surface area contributed by atoms with Crippen molar-refractivity contribution in [3.63, 3.8) is 0 Å². The number of aromatic nitrogens is 4. The zero-order chi connectivity index (χ0) is 33.3. The fourth-order valence-electron chi connectivity index (χ4n) is 6.63. The molecule has 13 heteroatoms. The largest absolute Gasteiger partial charge is 0.494 e. The first kappa shape index (κ1) is 33.5. The third kappa shape index (κ3) is 7.06. The van der Waals surface area contributed by atoms with Crippen molar-refractivity contribution in [2.45, 2.75) is 43.2 Å². The van der Waals surface area contributed by atoms with Crippen LogP contribution >= 0.6 is 18.9 Å². The van der Waals surface area contributed by atoms with Crippen molar-refractivity contribution >= 4 is 64.1 Å². The number of rotatable bonds is 11. The Morgan fingerprint density at radius 3 is 2.45 bits per heavy atom. The second-order valence-electron chi connectivity index (χ2n) is 12.9. The number of thioether (sulfide) groups is 1. The van der Waals surface area contributed by atoms with Crippen molar-refractivity contribution in [3.05, 3.63) is 48.4 Å². The van der Waals surface area contributed by atoms with Crippen molar-refractivity contribution in [2.24, 2.45) is 0 Å². The third-order valence-corrected chi connectivity index (χ3v) is 11.6. The Bertz CT molecular complexity index is 1790. The Balaban J connectivity index is 1.23. The monoisotopic (exact) mass is 675 g/mol. The normalized spacial score (nSPS) is 16.5. The van der Waals surface area contributed by atoms with E-state index < -0.39 is 7.14 Å². The van der Waals surface area contributed by atoms with Crippen LogP contribution in [-0.2, 0) is 11.0 Å². The zero-order valence-electron chi connectivity index (χ0n) is 28.4. The van der Waals surface area contributed by atoms with Gasteiger partial charge in [-0.05, 0) is 76.7 Å². The lowest BCUT2D eigenvalue weighted by Gasteiger charge is -2.49. The molecule has 11 nitrogen and oxygen atoms in total. The second-order valence-corrected chi connectivity index (χ2v) is 16.9. The summed E-state index contributed by atoms with van der Waals surface area (Å²) in [4.78, 5) is 26.8. The Labute approximate surface area is 282 Å². The van der Waals surface area contributed by atoms with Crippen molar-refractivity contribution in [2.75, 3.05) is 82.5 Å². The zero-order valence-corrected chi connectivity index (χ0v) is 30.2. The maximum Gasteiger partial charge on any atom is 0.229 e. The lowest BCUT2D eigenvalue weighted by molar-refractivity contribution is 0.0188. The third-order valence-electron chi connectivity index (χ3n) is 9.35. The summed E-state index contributed by atoms with van der Waals surface area (Å²) in [6.45, 7) is 10.1. The number of hydrogen-bond donors (Lipinski definition) is 2. The van der Waals surface area contributed by atoms with E-state index in [2.05, 4.69) is 73.4 Å². The maximum atomic E-state index is 13.5. The minimum atomic E-state index is -2.73. The number of benzene rings is 2. The van der Waals surface area contributed by atoms with Crippen molar-refractivity contribution in [1.29, 1.82) is 0 Å². The molecule has 0 aliphatic carbocycles. The number of fused-ring (bicyclic) bond motifs is 1. The van der Waals surface area contributed by atoms with E-state index in [1.54, 1.807) is 39.0 Å². The van der Waals surface area contributed by atoms with Gasteiger partial charge in [0.25, 0.3) is 0 Å². The van der Waals surface area contributed by atoms with Gasteiger partial charge in [0.05, 0.1) is 34.2 Å². The van der Waals surface area contributed by atoms with Crippen molar-refractivity contribution < 1.29 is 9.30 Å². The van der Waals surface area contributed by atoms with Crippen LogP contribution in [0.15, 0.2) is 47.8 Å². The highest BCUT2D eigenvalue weighted by Gasteiger charge is 2.35. The van der Waals surface area contributed by atoms with E-state index in [1.807, 2.05) is 18.4 Å². The Kier molecular flexibility index (Phi) is 9.94. The standard InChI is InChI=1S/C34H46N9O2PS/c1-8-22-17-27(29(45-4)18-28(22)42-15-11-23(12-16-42)43-20-24(21-43)41(2)3)39-34-37-19-30(47-7)33(40-34)38-26-10-9-25-31(36-14-13-35-25)32(26)46(5,6)44/h9-10,13-14,17-19,23-24H,8,11-12,15-16,20-21H2,1-7H3,(H2,37,38,39,40). The van der Waals surface area contributed by atoms with Gasteiger partial charge in [0.15, 0.2) is 0 Å². The molecule has 2 aliphatic rings. The fourth-order valence-corrected chi connectivity index (χ4v) is 8.47. The number of piperidine rings is 1. The molecule has 250 valence electrons. The smallest absolute Gasteiger partial charge is 0.229 e. The minimum Gasteiger partial charge on any atom is -0.494 e. The molecular weight excluding hydrogens is 629 g/mol. The van der Waals surface area contributed by atoms with Gasteiger partial charge in [-0.3, -0.25) is 14.9 Å². The van der Waals surface area contributed by atoms with Gasteiger partial charge in [-0.15, -0.1) is 11.8 Å². The van der Waals surface area contributed by atoms with E-state index in [9.17, 15) is 4.57 Å². The van der Waals surface area contributed by atoms with Gasteiger partial charge in [-0.1, -0.05) is 6.92 Å². The molecule has 4 aromatic rings.